The number of aliphatic hydroxyl groups is 1. The maximum Gasteiger partial charge on any atom is 0.352 e. The molecule has 0 unspecified atom stereocenters. The van der Waals surface area contributed by atoms with E-state index in [1.54, 1.807) is 7.05 Å². The molecule has 0 bridgehead atoms. The van der Waals surface area contributed by atoms with Crippen LogP contribution in [0.3, 0.4) is 0 Å². The van der Waals surface area contributed by atoms with Crippen molar-refractivity contribution in [2.45, 2.75) is 44.1 Å². The Hall–Kier alpha value is -2.03. The fourth-order valence-electron chi connectivity index (χ4n) is 2.69. The number of amides is 1. The van der Waals surface area contributed by atoms with Crippen LogP contribution in [0.5, 0.6) is 0 Å². The van der Waals surface area contributed by atoms with Gasteiger partial charge in [0.1, 0.15) is 11.4 Å². The van der Waals surface area contributed by atoms with E-state index in [-0.39, 0.29) is 18.7 Å². The molecule has 0 aromatic carbocycles. The maximum atomic E-state index is 14.1. The lowest BCUT2D eigenvalue weighted by atomic mass is 9.75. The maximum absolute atomic E-state index is 14.1. The van der Waals surface area contributed by atoms with Crippen molar-refractivity contribution < 1.29 is 18.7 Å². The van der Waals surface area contributed by atoms with Gasteiger partial charge in [-0.05, 0) is 25.7 Å². The molecule has 1 amide bonds. The molecule has 7 nitrogen and oxygen atoms in total. The first-order valence-electron chi connectivity index (χ1n) is 7.12. The lowest BCUT2D eigenvalue weighted by molar-refractivity contribution is -0.212. The SMILES string of the molecule is CCc1nn(C)c2n[nH]c(NC(=O)C(F)(F)C3(O)CCC3)c12. The van der Waals surface area contributed by atoms with Crippen molar-refractivity contribution in [3.05, 3.63) is 5.69 Å². The molecule has 1 fully saturated rings. The van der Waals surface area contributed by atoms with E-state index in [9.17, 15) is 18.7 Å². The summed E-state index contributed by atoms with van der Waals surface area (Å²) in [5.41, 5.74) is -1.14. The molecule has 0 radical (unpaired) electrons. The highest BCUT2D eigenvalue weighted by Gasteiger charge is 2.61. The van der Waals surface area contributed by atoms with Gasteiger partial charge in [0.05, 0.1) is 11.1 Å². The third-order valence-corrected chi connectivity index (χ3v) is 4.24. The van der Waals surface area contributed by atoms with Crippen LogP contribution in [0.2, 0.25) is 0 Å². The smallest absolute Gasteiger partial charge is 0.352 e. The lowest BCUT2D eigenvalue weighted by Gasteiger charge is -2.41. The van der Waals surface area contributed by atoms with Crippen LogP contribution < -0.4 is 5.32 Å². The Balaban J connectivity index is 1.91. The molecular weight excluding hydrogens is 296 g/mol. The molecular formula is C13H17F2N5O2. The summed E-state index contributed by atoms with van der Waals surface area (Å²) < 4.78 is 29.7. The predicted molar refractivity (Wildman–Crippen MR) is 74.6 cm³/mol. The Labute approximate surface area is 124 Å². The average Bonchev–Trinajstić information content (AvgIpc) is 2.98. The van der Waals surface area contributed by atoms with Gasteiger partial charge in [-0.25, -0.2) is 4.68 Å². The summed E-state index contributed by atoms with van der Waals surface area (Å²) in [6, 6.07) is 0. The summed E-state index contributed by atoms with van der Waals surface area (Å²) >= 11 is 0. The molecule has 2 aromatic heterocycles. The van der Waals surface area contributed by atoms with Gasteiger partial charge in [-0.2, -0.15) is 19.0 Å². The number of hydrogen-bond acceptors (Lipinski definition) is 4. The second-order valence-electron chi connectivity index (χ2n) is 5.63. The summed E-state index contributed by atoms with van der Waals surface area (Å²) in [4.78, 5) is 11.9. The van der Waals surface area contributed by atoms with Crippen LogP contribution in [0.25, 0.3) is 11.0 Å². The fraction of sp³-hybridized carbons (Fsp3) is 0.615. The first-order chi connectivity index (χ1) is 10.3. The fourth-order valence-corrected chi connectivity index (χ4v) is 2.69. The van der Waals surface area contributed by atoms with Crippen molar-refractivity contribution in [1.29, 1.82) is 0 Å². The number of alkyl halides is 2. The summed E-state index contributed by atoms with van der Waals surface area (Å²) in [6.07, 6.45) is 0.883. The van der Waals surface area contributed by atoms with E-state index in [0.29, 0.717) is 29.6 Å². The zero-order chi connectivity index (χ0) is 16.1. The molecule has 2 heterocycles. The van der Waals surface area contributed by atoms with Gasteiger partial charge in [-0.1, -0.05) is 6.92 Å². The van der Waals surface area contributed by atoms with Crippen LogP contribution in [0, 0.1) is 0 Å². The number of carbonyl (C=O) groups excluding carboxylic acids is 1. The van der Waals surface area contributed by atoms with E-state index >= 15 is 0 Å². The van der Waals surface area contributed by atoms with Gasteiger partial charge in [-0.15, -0.1) is 0 Å². The van der Waals surface area contributed by atoms with Gasteiger partial charge < -0.3 is 10.4 Å². The Morgan fingerprint density at radius 2 is 2.23 bits per heavy atom. The third-order valence-electron chi connectivity index (χ3n) is 4.24. The van der Waals surface area contributed by atoms with Crippen LogP contribution in [0.1, 0.15) is 31.9 Å². The molecule has 1 aliphatic rings. The van der Waals surface area contributed by atoms with Crippen molar-refractivity contribution >= 4 is 22.8 Å². The molecule has 1 aliphatic carbocycles. The normalized spacial score (nSPS) is 17.5. The van der Waals surface area contributed by atoms with Crippen molar-refractivity contribution in [3.63, 3.8) is 0 Å². The molecule has 0 saturated heterocycles. The Bertz CT molecular complexity index is 732. The highest BCUT2D eigenvalue weighted by Crippen LogP contribution is 2.44. The van der Waals surface area contributed by atoms with Crippen LogP contribution in [0.4, 0.5) is 14.6 Å². The first kappa shape index (κ1) is 14.9. The summed E-state index contributed by atoms with van der Waals surface area (Å²) in [5, 5.41) is 23.2. The molecule has 0 spiro atoms. The zero-order valence-electron chi connectivity index (χ0n) is 12.3. The van der Waals surface area contributed by atoms with E-state index in [0.717, 1.165) is 0 Å². The van der Waals surface area contributed by atoms with E-state index in [4.69, 9.17) is 0 Å². The van der Waals surface area contributed by atoms with E-state index in [1.165, 1.54) is 4.68 Å². The molecule has 3 rings (SSSR count). The number of hydrogen-bond donors (Lipinski definition) is 3. The number of aromatic amines is 1. The van der Waals surface area contributed by atoms with Gasteiger partial charge >= 0.3 is 5.92 Å². The number of anilines is 1. The minimum Gasteiger partial charge on any atom is -0.383 e. The second kappa shape index (κ2) is 4.73. The average molecular weight is 313 g/mol. The van der Waals surface area contributed by atoms with Gasteiger partial charge in [0.15, 0.2) is 5.65 Å². The Kier molecular flexibility index (Phi) is 3.20. The predicted octanol–water partition coefficient (Wildman–Crippen LogP) is 1.35. The number of aromatic nitrogens is 4. The highest BCUT2D eigenvalue weighted by atomic mass is 19.3. The van der Waals surface area contributed by atoms with Crippen LogP contribution in [-0.4, -0.2) is 42.5 Å². The Morgan fingerprint density at radius 1 is 1.55 bits per heavy atom. The largest absolute Gasteiger partial charge is 0.383 e. The van der Waals surface area contributed by atoms with Crippen LogP contribution >= 0.6 is 0 Å². The number of nitrogens with one attached hydrogen (secondary N) is 2. The van der Waals surface area contributed by atoms with Gasteiger partial charge in [-0.3, -0.25) is 9.89 Å². The van der Waals surface area contributed by atoms with Crippen molar-refractivity contribution in [2.24, 2.45) is 7.05 Å². The van der Waals surface area contributed by atoms with Gasteiger partial charge in [0.2, 0.25) is 0 Å². The highest BCUT2D eigenvalue weighted by molar-refractivity contribution is 6.03. The summed E-state index contributed by atoms with van der Waals surface area (Å²) in [6.45, 7) is 1.87. The number of nitrogens with zero attached hydrogens (tertiary/aromatic N) is 3. The molecule has 3 N–H and O–H groups in total. The quantitative estimate of drug-likeness (QED) is 0.794. The molecule has 9 heteroatoms. The van der Waals surface area contributed by atoms with Crippen molar-refractivity contribution in [2.75, 3.05) is 5.32 Å². The minimum atomic E-state index is -3.85. The number of H-pyrrole nitrogens is 1. The number of halogens is 2. The van der Waals surface area contributed by atoms with Crippen LogP contribution in [-0.2, 0) is 18.3 Å². The second-order valence-corrected chi connectivity index (χ2v) is 5.63. The van der Waals surface area contributed by atoms with Crippen molar-refractivity contribution in [3.8, 4) is 0 Å². The topological polar surface area (TPSA) is 95.8 Å². The summed E-state index contributed by atoms with van der Waals surface area (Å²) in [5.74, 6) is -5.31. The first-order valence-corrected chi connectivity index (χ1v) is 7.12. The summed E-state index contributed by atoms with van der Waals surface area (Å²) in [7, 11) is 1.68. The molecule has 0 atom stereocenters. The van der Waals surface area contributed by atoms with Gasteiger partial charge in [0, 0.05) is 7.05 Å². The Morgan fingerprint density at radius 3 is 2.77 bits per heavy atom. The number of rotatable bonds is 4. The van der Waals surface area contributed by atoms with E-state index < -0.39 is 17.4 Å². The number of aryl methyl sites for hydroxylation is 2. The standard InChI is InChI=1S/C13H17F2N5O2/c1-3-7-8-9(17-18-10(8)20(2)19-7)16-11(21)13(14,15)12(22)5-4-6-12/h22H,3-6H2,1-2H3,(H2,16,17,18,21). The van der Waals surface area contributed by atoms with Crippen molar-refractivity contribution in [1.82, 2.24) is 20.0 Å². The lowest BCUT2D eigenvalue weighted by Crippen LogP contribution is -2.59. The monoisotopic (exact) mass is 313 g/mol. The van der Waals surface area contributed by atoms with E-state index in [1.807, 2.05) is 6.92 Å². The number of fused-ring (bicyclic) bond motifs is 1. The van der Waals surface area contributed by atoms with E-state index in [2.05, 4.69) is 20.6 Å². The molecule has 22 heavy (non-hydrogen) atoms. The molecule has 1 saturated carbocycles. The van der Waals surface area contributed by atoms with Gasteiger partial charge in [0.25, 0.3) is 5.91 Å². The molecule has 2 aromatic rings. The van der Waals surface area contributed by atoms with Crippen LogP contribution in [0.15, 0.2) is 0 Å². The third kappa shape index (κ3) is 1.92. The molecule has 120 valence electrons. The minimum absolute atomic E-state index is 0.0764. The molecule has 0 aliphatic heterocycles. The zero-order valence-corrected chi connectivity index (χ0v) is 12.3. The number of carbonyl (C=O) groups is 1.